The Hall–Kier alpha value is -1.94. The zero-order valence-electron chi connectivity index (χ0n) is 13.7. The summed E-state index contributed by atoms with van der Waals surface area (Å²) in [4.78, 5) is 42.5. The second kappa shape index (κ2) is 5.80. The third-order valence-corrected chi connectivity index (χ3v) is 6.86. The Morgan fingerprint density at radius 1 is 1.48 bits per heavy atom. The van der Waals surface area contributed by atoms with Crippen molar-refractivity contribution in [1.82, 2.24) is 19.5 Å². The molecule has 132 valence electrons. The van der Waals surface area contributed by atoms with Crippen molar-refractivity contribution < 1.29 is 14.3 Å². The molecule has 8 nitrogen and oxygen atoms in total. The van der Waals surface area contributed by atoms with Crippen LogP contribution in [0, 0.1) is 6.92 Å². The number of esters is 1. The van der Waals surface area contributed by atoms with Gasteiger partial charge in [-0.1, -0.05) is 11.3 Å². The summed E-state index contributed by atoms with van der Waals surface area (Å²) < 4.78 is 6.57. The van der Waals surface area contributed by atoms with Crippen molar-refractivity contribution in [1.29, 1.82) is 0 Å². The van der Waals surface area contributed by atoms with Gasteiger partial charge in [0.1, 0.15) is 12.6 Å². The van der Waals surface area contributed by atoms with Crippen LogP contribution in [0.15, 0.2) is 10.9 Å². The molecule has 0 aromatic carbocycles. The summed E-state index contributed by atoms with van der Waals surface area (Å²) in [5.41, 5.74) is 0.356. The minimum atomic E-state index is -0.553. The van der Waals surface area contributed by atoms with Gasteiger partial charge in [-0.15, -0.1) is 11.8 Å². The number of hydrogen-bond donors (Lipinski definition) is 0. The Morgan fingerprint density at radius 3 is 3.08 bits per heavy atom. The zero-order chi connectivity index (χ0) is 17.8. The summed E-state index contributed by atoms with van der Waals surface area (Å²) >= 11 is 2.83. The molecule has 1 amide bonds. The van der Waals surface area contributed by atoms with Gasteiger partial charge < -0.3 is 9.64 Å². The van der Waals surface area contributed by atoms with E-state index in [-0.39, 0.29) is 22.9 Å². The monoisotopic (exact) mass is 380 g/mol. The first-order chi connectivity index (χ1) is 11.9. The molecule has 2 saturated heterocycles. The van der Waals surface area contributed by atoms with E-state index in [4.69, 9.17) is 4.74 Å². The van der Waals surface area contributed by atoms with Crippen LogP contribution in [0.25, 0.3) is 4.96 Å². The summed E-state index contributed by atoms with van der Waals surface area (Å²) in [6, 6.07) is 0.848. The topological polar surface area (TPSA) is 93.9 Å². The SMILES string of the molecule is Cc1cc(=O)n2nc(COC(=O)[C@H]3CS[C@]4(C)CCC(=O)N34)sc2n1. The van der Waals surface area contributed by atoms with E-state index >= 15 is 0 Å². The van der Waals surface area contributed by atoms with Crippen molar-refractivity contribution in [2.24, 2.45) is 0 Å². The molecule has 4 rings (SSSR count). The predicted octanol–water partition coefficient (Wildman–Crippen LogP) is 0.957. The second-order valence-corrected chi connectivity index (χ2v) is 8.84. The molecular weight excluding hydrogens is 364 g/mol. The highest BCUT2D eigenvalue weighted by Gasteiger charge is 2.53. The van der Waals surface area contributed by atoms with Crippen LogP contribution in [0.5, 0.6) is 0 Å². The summed E-state index contributed by atoms with van der Waals surface area (Å²) in [7, 11) is 0. The third kappa shape index (κ3) is 2.73. The fourth-order valence-electron chi connectivity index (χ4n) is 3.24. The molecule has 2 aliphatic rings. The number of rotatable bonds is 3. The average molecular weight is 380 g/mol. The summed E-state index contributed by atoms with van der Waals surface area (Å²) in [6.45, 7) is 3.69. The number of carbonyl (C=O) groups excluding carboxylic acids is 2. The van der Waals surface area contributed by atoms with Crippen molar-refractivity contribution in [3.8, 4) is 0 Å². The van der Waals surface area contributed by atoms with E-state index in [2.05, 4.69) is 10.1 Å². The van der Waals surface area contributed by atoms with Crippen LogP contribution < -0.4 is 5.56 Å². The zero-order valence-corrected chi connectivity index (χ0v) is 15.4. The molecule has 0 spiro atoms. The number of nitrogens with zero attached hydrogens (tertiary/aromatic N) is 4. The molecule has 2 aliphatic heterocycles. The van der Waals surface area contributed by atoms with Crippen LogP contribution in [-0.4, -0.2) is 48.0 Å². The lowest BCUT2D eigenvalue weighted by Crippen LogP contribution is -2.46. The van der Waals surface area contributed by atoms with E-state index in [1.54, 1.807) is 23.6 Å². The first-order valence-electron chi connectivity index (χ1n) is 7.86. The highest BCUT2D eigenvalue weighted by atomic mass is 32.2. The molecule has 2 atom stereocenters. The number of aryl methyl sites for hydroxylation is 1. The quantitative estimate of drug-likeness (QED) is 0.732. The number of hydrogen-bond acceptors (Lipinski definition) is 8. The maximum atomic E-state index is 12.4. The standard InChI is InChI=1S/C15H16N4O4S2/c1-8-5-12(21)19-14(16-8)25-10(17-19)6-23-13(22)9-7-24-15(2)4-3-11(20)18(9)15/h5,9H,3-4,6-7H2,1-2H3/t9-,15-/m1/s1. The number of amides is 1. The van der Waals surface area contributed by atoms with Gasteiger partial charge in [-0.2, -0.15) is 9.61 Å². The minimum absolute atomic E-state index is 0.000615. The highest BCUT2D eigenvalue weighted by molar-refractivity contribution is 8.01. The maximum absolute atomic E-state index is 12.4. The van der Waals surface area contributed by atoms with Crippen LogP contribution in [0.1, 0.15) is 30.5 Å². The lowest BCUT2D eigenvalue weighted by Gasteiger charge is -2.29. The van der Waals surface area contributed by atoms with Crippen molar-refractivity contribution in [2.75, 3.05) is 5.75 Å². The van der Waals surface area contributed by atoms with Crippen molar-refractivity contribution in [2.45, 2.75) is 44.2 Å². The van der Waals surface area contributed by atoms with Crippen LogP contribution in [0.4, 0.5) is 0 Å². The molecular formula is C15H16N4O4S2. The molecule has 25 heavy (non-hydrogen) atoms. The molecule has 0 unspecified atom stereocenters. The van der Waals surface area contributed by atoms with Gasteiger partial charge in [0.25, 0.3) is 5.56 Å². The maximum Gasteiger partial charge on any atom is 0.330 e. The summed E-state index contributed by atoms with van der Waals surface area (Å²) in [5, 5.41) is 4.63. The molecule has 2 aromatic rings. The van der Waals surface area contributed by atoms with Gasteiger partial charge in [-0.3, -0.25) is 9.59 Å². The lowest BCUT2D eigenvalue weighted by molar-refractivity contribution is -0.154. The van der Waals surface area contributed by atoms with Gasteiger partial charge in [-0.25, -0.2) is 9.78 Å². The number of ether oxygens (including phenoxy) is 1. The van der Waals surface area contributed by atoms with Crippen molar-refractivity contribution >= 4 is 39.9 Å². The molecule has 10 heteroatoms. The molecule has 4 heterocycles. The van der Waals surface area contributed by atoms with Crippen LogP contribution in [0.3, 0.4) is 0 Å². The van der Waals surface area contributed by atoms with E-state index in [0.29, 0.717) is 27.8 Å². The summed E-state index contributed by atoms with van der Waals surface area (Å²) in [5.74, 6) is 0.115. The second-order valence-electron chi connectivity index (χ2n) is 6.30. The van der Waals surface area contributed by atoms with E-state index in [0.717, 1.165) is 6.42 Å². The van der Waals surface area contributed by atoms with Crippen LogP contribution >= 0.6 is 23.1 Å². The lowest BCUT2D eigenvalue weighted by atomic mass is 10.2. The van der Waals surface area contributed by atoms with E-state index in [9.17, 15) is 14.4 Å². The van der Waals surface area contributed by atoms with Crippen molar-refractivity contribution in [3.05, 3.63) is 27.1 Å². The first kappa shape index (κ1) is 16.5. The van der Waals surface area contributed by atoms with Gasteiger partial charge in [-0.05, 0) is 20.3 Å². The van der Waals surface area contributed by atoms with E-state index < -0.39 is 12.0 Å². The molecule has 2 fully saturated rings. The van der Waals surface area contributed by atoms with E-state index in [1.807, 2.05) is 6.92 Å². The fourth-order valence-corrected chi connectivity index (χ4v) is 5.52. The van der Waals surface area contributed by atoms with Gasteiger partial charge in [0.05, 0.1) is 4.87 Å². The van der Waals surface area contributed by atoms with Crippen LogP contribution in [0.2, 0.25) is 0 Å². The van der Waals surface area contributed by atoms with Gasteiger partial charge >= 0.3 is 5.97 Å². The average Bonchev–Trinajstić information content (AvgIpc) is 3.19. The van der Waals surface area contributed by atoms with Gasteiger partial charge in [0.2, 0.25) is 10.9 Å². The highest BCUT2D eigenvalue weighted by Crippen LogP contribution is 2.47. The molecule has 0 saturated carbocycles. The smallest absolute Gasteiger partial charge is 0.330 e. The third-order valence-electron chi connectivity index (χ3n) is 4.47. The molecule has 0 N–H and O–H groups in total. The Labute approximate surface area is 151 Å². The molecule has 2 aromatic heterocycles. The van der Waals surface area contributed by atoms with Gasteiger partial charge in [0.15, 0.2) is 5.01 Å². The number of fused-ring (bicyclic) bond motifs is 2. The normalized spacial score (nSPS) is 25.6. The Balaban J connectivity index is 1.48. The first-order valence-corrected chi connectivity index (χ1v) is 9.67. The predicted molar refractivity (Wildman–Crippen MR) is 92.4 cm³/mol. The molecule has 0 bridgehead atoms. The molecule has 0 radical (unpaired) electrons. The Kier molecular flexibility index (Phi) is 3.84. The Morgan fingerprint density at radius 2 is 2.28 bits per heavy atom. The van der Waals surface area contributed by atoms with E-state index in [1.165, 1.54) is 21.9 Å². The fraction of sp³-hybridized carbons (Fsp3) is 0.533. The van der Waals surface area contributed by atoms with Crippen LogP contribution in [-0.2, 0) is 20.9 Å². The largest absolute Gasteiger partial charge is 0.457 e. The minimum Gasteiger partial charge on any atom is -0.457 e. The number of thioether (sulfide) groups is 1. The van der Waals surface area contributed by atoms with Gasteiger partial charge in [0, 0.05) is 23.9 Å². The molecule has 0 aliphatic carbocycles. The number of aromatic nitrogens is 3. The van der Waals surface area contributed by atoms with Crippen molar-refractivity contribution in [3.63, 3.8) is 0 Å². The number of carbonyl (C=O) groups is 2. The summed E-state index contributed by atoms with van der Waals surface area (Å²) in [6.07, 6.45) is 1.23. The Bertz CT molecular complexity index is 939.